The van der Waals surface area contributed by atoms with Crippen LogP contribution < -0.4 is 5.11 Å². The van der Waals surface area contributed by atoms with Gasteiger partial charge >= 0.3 is 0 Å². The third-order valence-electron chi connectivity index (χ3n) is 5.79. The first-order valence-corrected chi connectivity index (χ1v) is 12.9. The van der Waals surface area contributed by atoms with E-state index >= 15 is 0 Å². The van der Waals surface area contributed by atoms with E-state index in [1.54, 1.807) is 30.3 Å². The average Bonchev–Trinajstić information content (AvgIpc) is 2.74. The van der Waals surface area contributed by atoms with Crippen molar-refractivity contribution in [3.8, 4) is 0 Å². The van der Waals surface area contributed by atoms with Crippen LogP contribution in [0.25, 0.3) is 0 Å². The van der Waals surface area contributed by atoms with Gasteiger partial charge in [-0.1, -0.05) is 73.3 Å². The number of amides is 1. The predicted molar refractivity (Wildman–Crippen MR) is 121 cm³/mol. The molecule has 0 N–H and O–H groups in total. The van der Waals surface area contributed by atoms with Crippen molar-refractivity contribution in [2.45, 2.75) is 62.1 Å². The zero-order valence-electron chi connectivity index (χ0n) is 17.8. The van der Waals surface area contributed by atoms with Crippen molar-refractivity contribution in [1.29, 1.82) is 0 Å². The summed E-state index contributed by atoms with van der Waals surface area (Å²) in [5.41, 5.74) is 1.80. The zero-order chi connectivity index (χ0) is 23.1. The maximum absolute atomic E-state index is 12.8. The maximum Gasteiger partial charge on any atom is 0.227 e. The van der Waals surface area contributed by atoms with Crippen LogP contribution in [0.4, 0.5) is 0 Å². The molecule has 2 unspecified atom stereocenters. The number of unbranched alkanes of at least 4 members (excludes halogenated alkanes) is 3. The molecule has 2 aromatic rings. The van der Waals surface area contributed by atoms with Gasteiger partial charge in [0.2, 0.25) is 5.91 Å². The van der Waals surface area contributed by atoms with Crippen LogP contribution in [-0.2, 0) is 31.6 Å². The Morgan fingerprint density at radius 3 is 2.28 bits per heavy atom. The van der Waals surface area contributed by atoms with Gasteiger partial charge in [-0.25, -0.2) is 8.42 Å². The lowest BCUT2D eigenvalue weighted by molar-refractivity contribution is -0.312. The van der Waals surface area contributed by atoms with Gasteiger partial charge in [-0.05, 0) is 42.5 Å². The highest BCUT2D eigenvalue weighted by Gasteiger charge is 2.48. The maximum atomic E-state index is 12.8. The molecule has 2 aromatic carbocycles. The van der Waals surface area contributed by atoms with Gasteiger partial charge in [0.1, 0.15) is 5.37 Å². The Bertz CT molecular complexity index is 1020. The number of aryl methyl sites for hydroxylation is 1. The number of benzene rings is 2. The van der Waals surface area contributed by atoms with Gasteiger partial charge < -0.3 is 14.8 Å². The Balaban J connectivity index is 1.50. The van der Waals surface area contributed by atoms with Gasteiger partial charge in [-0.15, -0.1) is 0 Å². The Labute approximate surface area is 194 Å². The molecule has 2 atom stereocenters. The van der Waals surface area contributed by atoms with Gasteiger partial charge in [-0.2, -0.15) is 0 Å². The molecule has 3 rings (SSSR count). The molecule has 0 bridgehead atoms. The third kappa shape index (κ3) is 6.33. The van der Waals surface area contributed by atoms with E-state index in [0.717, 1.165) is 30.6 Å². The Hall–Kier alpha value is -2.38. The van der Waals surface area contributed by atoms with Crippen molar-refractivity contribution < 1.29 is 23.1 Å². The number of carbonyl (C=O) groups excluding carboxylic acids is 2. The fraction of sp³-hybridized carbons (Fsp3) is 0.417. The molecule has 1 saturated heterocycles. The number of β-lactam (4-membered cyclic amide) rings is 1. The van der Waals surface area contributed by atoms with Crippen LogP contribution in [0.15, 0.2) is 54.6 Å². The smallest absolute Gasteiger partial charge is 0.227 e. The second-order valence-electron chi connectivity index (χ2n) is 8.17. The van der Waals surface area contributed by atoms with Crippen LogP contribution in [0.2, 0.25) is 5.02 Å². The van der Waals surface area contributed by atoms with E-state index in [2.05, 4.69) is 0 Å². The van der Waals surface area contributed by atoms with E-state index in [1.165, 1.54) is 5.56 Å². The normalized spacial score (nSPS) is 17.1. The monoisotopic (exact) mass is 476 g/mol. The first kappa shape index (κ1) is 24.3. The minimum Gasteiger partial charge on any atom is -0.548 e. The average molecular weight is 477 g/mol. The van der Waals surface area contributed by atoms with Crippen LogP contribution in [-0.4, -0.2) is 36.6 Å². The van der Waals surface area contributed by atoms with Gasteiger partial charge in [0.15, 0.2) is 9.84 Å². The predicted octanol–water partition coefficient (Wildman–Crippen LogP) is 3.12. The number of carboxylic acids is 1. The van der Waals surface area contributed by atoms with Gasteiger partial charge in [-0.3, -0.25) is 4.79 Å². The molecule has 1 fully saturated rings. The van der Waals surface area contributed by atoms with Crippen LogP contribution in [0, 0.1) is 0 Å². The van der Waals surface area contributed by atoms with E-state index in [9.17, 15) is 23.1 Å². The number of hydrogen-bond donors (Lipinski definition) is 0. The minimum absolute atomic E-state index is 0.181. The summed E-state index contributed by atoms with van der Waals surface area (Å²) in [5.74, 6) is -2.09. The SMILES string of the molecule is O=C([O-])C(CCCCCCc1ccc(Cl)cc1)N1C(=O)CC1S(=O)(=O)Cc1ccccc1. The number of rotatable bonds is 12. The van der Waals surface area contributed by atoms with E-state index in [4.69, 9.17) is 11.6 Å². The fourth-order valence-corrected chi connectivity index (χ4v) is 6.00. The molecule has 172 valence electrons. The lowest BCUT2D eigenvalue weighted by Gasteiger charge is -2.45. The summed E-state index contributed by atoms with van der Waals surface area (Å²) in [6, 6.07) is 15.1. The quantitative estimate of drug-likeness (QED) is 0.346. The summed E-state index contributed by atoms with van der Waals surface area (Å²) in [4.78, 5) is 24.9. The summed E-state index contributed by atoms with van der Waals surface area (Å²) in [7, 11) is -3.71. The number of halogens is 1. The molecular formula is C24H27ClNO5S-. The van der Waals surface area contributed by atoms with Crippen molar-refractivity contribution in [1.82, 2.24) is 4.90 Å². The van der Waals surface area contributed by atoms with Gasteiger partial charge in [0, 0.05) is 5.02 Å². The van der Waals surface area contributed by atoms with E-state index in [-0.39, 0.29) is 18.6 Å². The van der Waals surface area contributed by atoms with Crippen LogP contribution in [0.5, 0.6) is 0 Å². The number of hydrogen-bond acceptors (Lipinski definition) is 5. The molecule has 0 radical (unpaired) electrons. The summed E-state index contributed by atoms with van der Waals surface area (Å²) < 4.78 is 25.6. The van der Waals surface area contributed by atoms with Gasteiger partial charge in [0.05, 0.1) is 24.2 Å². The molecule has 1 aliphatic heterocycles. The number of carboxylic acid groups (broad SMARTS) is 1. The summed E-state index contributed by atoms with van der Waals surface area (Å²) in [6.07, 6.45) is 4.15. The lowest BCUT2D eigenvalue weighted by Crippen LogP contribution is -2.64. The van der Waals surface area contributed by atoms with Gasteiger partial charge in [0.25, 0.3) is 0 Å². The Morgan fingerprint density at radius 1 is 1.00 bits per heavy atom. The molecule has 1 heterocycles. The molecule has 1 aliphatic rings. The van der Waals surface area contributed by atoms with Crippen molar-refractivity contribution in [3.63, 3.8) is 0 Å². The van der Waals surface area contributed by atoms with Crippen molar-refractivity contribution in [2.75, 3.05) is 0 Å². The topological polar surface area (TPSA) is 94.6 Å². The first-order chi connectivity index (χ1) is 15.3. The fourth-order valence-electron chi connectivity index (χ4n) is 4.02. The number of likely N-dealkylation sites (tertiary alicyclic amines) is 1. The zero-order valence-corrected chi connectivity index (χ0v) is 19.4. The van der Waals surface area contributed by atoms with Crippen molar-refractivity contribution >= 4 is 33.3 Å². The Morgan fingerprint density at radius 2 is 1.66 bits per heavy atom. The van der Waals surface area contributed by atoms with Crippen LogP contribution in [0.3, 0.4) is 0 Å². The van der Waals surface area contributed by atoms with Crippen LogP contribution >= 0.6 is 11.6 Å². The molecule has 6 nitrogen and oxygen atoms in total. The summed E-state index contributed by atoms with van der Waals surface area (Å²) in [5, 5.41) is 11.3. The third-order valence-corrected chi connectivity index (χ3v) is 8.00. The van der Waals surface area contributed by atoms with Crippen LogP contribution in [0.1, 0.15) is 49.7 Å². The largest absolute Gasteiger partial charge is 0.548 e. The number of aliphatic carboxylic acids is 1. The molecule has 1 amide bonds. The highest BCUT2D eigenvalue weighted by atomic mass is 35.5. The van der Waals surface area contributed by atoms with Crippen molar-refractivity contribution in [2.24, 2.45) is 0 Å². The van der Waals surface area contributed by atoms with E-state index in [1.807, 2.05) is 24.3 Å². The molecule has 0 saturated carbocycles. The van der Waals surface area contributed by atoms with E-state index < -0.39 is 33.1 Å². The minimum atomic E-state index is -3.71. The summed E-state index contributed by atoms with van der Waals surface area (Å²) >= 11 is 5.88. The molecule has 0 spiro atoms. The molecule has 32 heavy (non-hydrogen) atoms. The number of carbonyl (C=O) groups is 2. The van der Waals surface area contributed by atoms with Crippen molar-refractivity contribution in [3.05, 3.63) is 70.7 Å². The summed E-state index contributed by atoms with van der Waals surface area (Å²) in [6.45, 7) is 0. The Kier molecular flexibility index (Phi) is 8.32. The highest BCUT2D eigenvalue weighted by Crippen LogP contribution is 2.31. The lowest BCUT2D eigenvalue weighted by atomic mass is 10.0. The highest BCUT2D eigenvalue weighted by molar-refractivity contribution is 7.91. The van der Waals surface area contributed by atoms with E-state index in [0.29, 0.717) is 17.0 Å². The number of nitrogens with zero attached hydrogens (tertiary/aromatic N) is 1. The molecule has 0 aliphatic carbocycles. The second kappa shape index (κ2) is 11.0. The number of sulfone groups is 1. The molecule has 8 heteroatoms. The molecular weight excluding hydrogens is 450 g/mol. The molecule has 0 aromatic heterocycles. The first-order valence-electron chi connectivity index (χ1n) is 10.8. The second-order valence-corrected chi connectivity index (χ2v) is 10.8. The standard InChI is InChI=1S/C24H28ClNO5S/c25-20-14-12-18(13-15-20)8-4-1-2-7-11-21(24(28)29)26-22(27)16-23(26)32(30,31)17-19-9-5-3-6-10-19/h3,5-6,9-10,12-15,21,23H,1-2,4,7-8,11,16-17H2,(H,28,29)/p-1.